The summed E-state index contributed by atoms with van der Waals surface area (Å²) >= 11 is 0. The molecule has 1 saturated carbocycles. The smallest absolute Gasteiger partial charge is 0.0927 e. The maximum absolute atomic E-state index is 11.0. The molecule has 0 saturated heterocycles. The second kappa shape index (κ2) is 4.45. The Morgan fingerprint density at radius 1 is 1.18 bits per heavy atom. The lowest BCUT2D eigenvalue weighted by Crippen LogP contribution is -2.31. The highest BCUT2D eigenvalue weighted by atomic mass is 16.3. The monoisotopic (exact) mass is 232 g/mol. The van der Waals surface area contributed by atoms with Crippen molar-refractivity contribution in [1.29, 1.82) is 0 Å². The second-order valence-electron chi connectivity index (χ2n) is 5.67. The van der Waals surface area contributed by atoms with E-state index >= 15 is 0 Å². The Hall–Kier alpha value is -0.820. The highest BCUT2D eigenvalue weighted by Gasteiger charge is 2.42. The Bertz CT molecular complexity index is 422. The lowest BCUT2D eigenvalue weighted by atomic mass is 9.79. The summed E-state index contributed by atoms with van der Waals surface area (Å²) in [5, 5.41) is 11.0. The number of aliphatic hydroxyl groups is 1. The SMILES string of the molecule is CCC1CCCC1(O)c1cc(C)c(C)cc1C. The van der Waals surface area contributed by atoms with E-state index in [1.54, 1.807) is 0 Å². The second-order valence-corrected chi connectivity index (χ2v) is 5.67. The molecule has 1 N–H and O–H groups in total. The zero-order valence-corrected chi connectivity index (χ0v) is 11.5. The minimum absolute atomic E-state index is 0.434. The molecule has 17 heavy (non-hydrogen) atoms. The fraction of sp³-hybridized carbons (Fsp3) is 0.625. The predicted octanol–water partition coefficient (Wildman–Crippen LogP) is 4.01. The first-order valence-electron chi connectivity index (χ1n) is 6.79. The maximum atomic E-state index is 11.0. The van der Waals surface area contributed by atoms with E-state index in [-0.39, 0.29) is 0 Å². The molecule has 1 aliphatic rings. The van der Waals surface area contributed by atoms with Crippen molar-refractivity contribution in [3.63, 3.8) is 0 Å². The summed E-state index contributed by atoms with van der Waals surface area (Å²) in [6.45, 7) is 8.60. The van der Waals surface area contributed by atoms with Crippen molar-refractivity contribution in [2.45, 2.75) is 59.0 Å². The molecule has 0 aromatic heterocycles. The Morgan fingerprint density at radius 2 is 1.82 bits per heavy atom. The molecule has 94 valence electrons. The van der Waals surface area contributed by atoms with Gasteiger partial charge in [0.15, 0.2) is 0 Å². The third kappa shape index (κ3) is 2.01. The van der Waals surface area contributed by atoms with E-state index in [1.165, 1.54) is 28.7 Å². The Kier molecular flexibility index (Phi) is 3.31. The van der Waals surface area contributed by atoms with Crippen LogP contribution in [0.3, 0.4) is 0 Å². The third-order valence-corrected chi connectivity index (χ3v) is 4.59. The largest absolute Gasteiger partial charge is 0.385 e. The van der Waals surface area contributed by atoms with Gasteiger partial charge in [-0.3, -0.25) is 0 Å². The van der Waals surface area contributed by atoms with E-state index < -0.39 is 5.60 Å². The Balaban J connectivity index is 2.49. The van der Waals surface area contributed by atoms with Crippen LogP contribution in [-0.4, -0.2) is 5.11 Å². The minimum Gasteiger partial charge on any atom is -0.385 e. The van der Waals surface area contributed by atoms with E-state index in [1.807, 2.05) is 0 Å². The summed E-state index contributed by atoms with van der Waals surface area (Å²) in [4.78, 5) is 0. The molecule has 1 heteroatoms. The van der Waals surface area contributed by atoms with E-state index in [9.17, 15) is 5.11 Å². The summed E-state index contributed by atoms with van der Waals surface area (Å²) in [5.74, 6) is 0.434. The van der Waals surface area contributed by atoms with Crippen LogP contribution < -0.4 is 0 Å². The number of hydrogen-bond acceptors (Lipinski definition) is 1. The highest BCUT2D eigenvalue weighted by molar-refractivity contribution is 5.40. The van der Waals surface area contributed by atoms with Gasteiger partial charge in [-0.15, -0.1) is 0 Å². The molecule has 0 radical (unpaired) electrons. The number of rotatable bonds is 2. The molecular weight excluding hydrogens is 208 g/mol. The van der Waals surface area contributed by atoms with Crippen LogP contribution in [0.1, 0.15) is 54.9 Å². The van der Waals surface area contributed by atoms with Gasteiger partial charge in [0.2, 0.25) is 0 Å². The fourth-order valence-electron chi connectivity index (χ4n) is 3.38. The Labute approximate surface area is 105 Å². The molecule has 0 bridgehead atoms. The van der Waals surface area contributed by atoms with Crippen LogP contribution in [0.5, 0.6) is 0 Å². The minimum atomic E-state index is -0.572. The van der Waals surface area contributed by atoms with Crippen LogP contribution in [0.2, 0.25) is 0 Å². The van der Waals surface area contributed by atoms with Crippen LogP contribution in [0.25, 0.3) is 0 Å². The topological polar surface area (TPSA) is 20.2 Å². The maximum Gasteiger partial charge on any atom is 0.0927 e. The van der Waals surface area contributed by atoms with Crippen molar-refractivity contribution in [2.75, 3.05) is 0 Å². The number of hydrogen-bond donors (Lipinski definition) is 1. The molecule has 1 nitrogen and oxygen atoms in total. The summed E-state index contributed by atoms with van der Waals surface area (Å²) in [6, 6.07) is 4.42. The number of aryl methyl sites for hydroxylation is 3. The standard InChI is InChI=1S/C16H24O/c1-5-14-7-6-8-16(14,17)15-10-12(3)11(2)9-13(15)4/h9-10,14,17H,5-8H2,1-4H3. The van der Waals surface area contributed by atoms with Gasteiger partial charge >= 0.3 is 0 Å². The average Bonchev–Trinajstić information content (AvgIpc) is 2.66. The molecule has 2 atom stereocenters. The van der Waals surface area contributed by atoms with Crippen molar-refractivity contribution in [3.05, 3.63) is 34.4 Å². The molecule has 1 aromatic rings. The van der Waals surface area contributed by atoms with Crippen molar-refractivity contribution < 1.29 is 5.11 Å². The number of benzene rings is 1. The summed E-state index contributed by atoms with van der Waals surface area (Å²) in [5.41, 5.74) is 4.46. The quantitative estimate of drug-likeness (QED) is 0.817. The molecule has 0 aliphatic heterocycles. The van der Waals surface area contributed by atoms with Gasteiger partial charge < -0.3 is 5.11 Å². The third-order valence-electron chi connectivity index (χ3n) is 4.59. The molecule has 0 heterocycles. The van der Waals surface area contributed by atoms with Gasteiger partial charge in [0.1, 0.15) is 0 Å². The molecule has 0 amide bonds. The van der Waals surface area contributed by atoms with Crippen LogP contribution in [0.15, 0.2) is 12.1 Å². The van der Waals surface area contributed by atoms with E-state index in [0.29, 0.717) is 5.92 Å². The Morgan fingerprint density at radius 3 is 2.47 bits per heavy atom. The van der Waals surface area contributed by atoms with Gasteiger partial charge in [-0.05, 0) is 68.2 Å². The first-order chi connectivity index (χ1) is 7.99. The normalized spacial score (nSPS) is 28.6. The first kappa shape index (κ1) is 12.6. The van der Waals surface area contributed by atoms with Crippen molar-refractivity contribution in [1.82, 2.24) is 0 Å². The van der Waals surface area contributed by atoms with Crippen LogP contribution in [0.4, 0.5) is 0 Å². The zero-order chi connectivity index (χ0) is 12.6. The van der Waals surface area contributed by atoms with Gasteiger partial charge in [0.05, 0.1) is 5.60 Å². The highest BCUT2D eigenvalue weighted by Crippen LogP contribution is 2.46. The van der Waals surface area contributed by atoms with Crippen LogP contribution in [0, 0.1) is 26.7 Å². The lowest BCUT2D eigenvalue weighted by Gasteiger charge is -2.32. The van der Waals surface area contributed by atoms with E-state index in [2.05, 4.69) is 39.8 Å². The molecule has 2 unspecified atom stereocenters. The summed E-state index contributed by atoms with van der Waals surface area (Å²) in [6.07, 6.45) is 4.32. The average molecular weight is 232 g/mol. The van der Waals surface area contributed by atoms with Gasteiger partial charge in [-0.2, -0.15) is 0 Å². The van der Waals surface area contributed by atoms with Crippen molar-refractivity contribution in [2.24, 2.45) is 5.92 Å². The predicted molar refractivity (Wildman–Crippen MR) is 72.2 cm³/mol. The van der Waals surface area contributed by atoms with Crippen molar-refractivity contribution >= 4 is 0 Å². The van der Waals surface area contributed by atoms with Gasteiger partial charge in [-0.25, -0.2) is 0 Å². The van der Waals surface area contributed by atoms with Crippen LogP contribution in [-0.2, 0) is 5.60 Å². The molecule has 2 rings (SSSR count). The van der Waals surface area contributed by atoms with E-state index in [4.69, 9.17) is 0 Å². The van der Waals surface area contributed by atoms with Crippen LogP contribution >= 0.6 is 0 Å². The summed E-state index contributed by atoms with van der Waals surface area (Å²) in [7, 11) is 0. The molecular formula is C16H24O. The van der Waals surface area contributed by atoms with Crippen molar-refractivity contribution in [3.8, 4) is 0 Å². The lowest BCUT2D eigenvalue weighted by molar-refractivity contribution is -0.00448. The molecule has 1 aromatic carbocycles. The fourth-order valence-corrected chi connectivity index (χ4v) is 3.38. The summed E-state index contributed by atoms with van der Waals surface area (Å²) < 4.78 is 0. The zero-order valence-electron chi connectivity index (χ0n) is 11.5. The first-order valence-corrected chi connectivity index (χ1v) is 6.79. The van der Waals surface area contributed by atoms with E-state index in [0.717, 1.165) is 19.3 Å². The van der Waals surface area contributed by atoms with Gasteiger partial charge in [0, 0.05) is 0 Å². The molecule has 1 fully saturated rings. The van der Waals surface area contributed by atoms with Gasteiger partial charge in [0.25, 0.3) is 0 Å². The molecule has 1 aliphatic carbocycles. The van der Waals surface area contributed by atoms with Gasteiger partial charge in [-0.1, -0.05) is 25.5 Å². The molecule has 0 spiro atoms.